The summed E-state index contributed by atoms with van der Waals surface area (Å²) in [4.78, 5) is 0. The monoisotopic (exact) mass is 274 g/mol. The van der Waals surface area contributed by atoms with Gasteiger partial charge in [0.15, 0.2) is 0 Å². The molecule has 1 aliphatic carbocycles. The fraction of sp³-hybridized carbons (Fsp3) is 0.158. The second kappa shape index (κ2) is 4.81. The second-order valence-corrected chi connectivity index (χ2v) is 5.72. The van der Waals surface area contributed by atoms with E-state index in [4.69, 9.17) is 5.73 Å². The first-order valence-corrected chi connectivity index (χ1v) is 7.44. The zero-order valence-corrected chi connectivity index (χ0v) is 11.8. The number of aryl methyl sites for hydroxylation is 1. The maximum absolute atomic E-state index is 5.88. The molecule has 0 saturated carbocycles. The van der Waals surface area contributed by atoms with E-state index in [1.54, 1.807) is 0 Å². The predicted octanol–water partition coefficient (Wildman–Crippen LogP) is 4.52. The fourth-order valence-corrected chi connectivity index (χ4v) is 3.33. The molecule has 4 rings (SSSR count). The molecule has 2 nitrogen and oxygen atoms in total. The SMILES string of the molecule is Nc1ccc2c(c1)CCC2Nc1cccc2ccccc12. The molecule has 0 aliphatic heterocycles. The Labute approximate surface area is 124 Å². The van der Waals surface area contributed by atoms with Gasteiger partial charge in [0.2, 0.25) is 0 Å². The normalized spacial score (nSPS) is 16.9. The van der Waals surface area contributed by atoms with Gasteiger partial charge in [-0.2, -0.15) is 0 Å². The third-order valence-corrected chi connectivity index (χ3v) is 4.36. The number of benzene rings is 3. The lowest BCUT2D eigenvalue weighted by atomic mass is 10.1. The molecular weight excluding hydrogens is 256 g/mol. The summed E-state index contributed by atoms with van der Waals surface area (Å²) in [6.07, 6.45) is 2.23. The van der Waals surface area contributed by atoms with Crippen LogP contribution in [0.25, 0.3) is 10.8 Å². The Morgan fingerprint density at radius 2 is 1.81 bits per heavy atom. The average molecular weight is 274 g/mol. The summed E-state index contributed by atoms with van der Waals surface area (Å²) in [5.74, 6) is 0. The number of anilines is 2. The Morgan fingerprint density at radius 3 is 2.76 bits per heavy atom. The van der Waals surface area contributed by atoms with Crippen LogP contribution < -0.4 is 11.1 Å². The lowest BCUT2D eigenvalue weighted by Crippen LogP contribution is -2.07. The van der Waals surface area contributed by atoms with Gasteiger partial charge in [0.25, 0.3) is 0 Å². The summed E-state index contributed by atoms with van der Waals surface area (Å²) in [6.45, 7) is 0. The van der Waals surface area contributed by atoms with E-state index in [1.165, 1.54) is 27.6 Å². The maximum Gasteiger partial charge on any atom is 0.0519 e. The van der Waals surface area contributed by atoms with Crippen molar-refractivity contribution in [1.29, 1.82) is 0 Å². The van der Waals surface area contributed by atoms with Crippen molar-refractivity contribution in [2.45, 2.75) is 18.9 Å². The Balaban J connectivity index is 1.71. The number of nitrogens with one attached hydrogen (secondary N) is 1. The van der Waals surface area contributed by atoms with Crippen molar-refractivity contribution in [3.05, 3.63) is 71.8 Å². The minimum Gasteiger partial charge on any atom is -0.399 e. The smallest absolute Gasteiger partial charge is 0.0519 e. The molecule has 0 fully saturated rings. The third-order valence-electron chi connectivity index (χ3n) is 4.36. The quantitative estimate of drug-likeness (QED) is 0.674. The predicted molar refractivity (Wildman–Crippen MR) is 89.5 cm³/mol. The topological polar surface area (TPSA) is 38.0 Å². The molecule has 21 heavy (non-hydrogen) atoms. The lowest BCUT2D eigenvalue weighted by Gasteiger charge is -2.17. The van der Waals surface area contributed by atoms with Crippen LogP contribution in [0, 0.1) is 0 Å². The van der Waals surface area contributed by atoms with Crippen molar-refractivity contribution in [2.75, 3.05) is 11.1 Å². The van der Waals surface area contributed by atoms with Crippen molar-refractivity contribution >= 4 is 22.1 Å². The molecular formula is C19H18N2. The largest absolute Gasteiger partial charge is 0.399 e. The molecule has 3 N–H and O–H groups in total. The molecule has 0 radical (unpaired) electrons. The summed E-state index contributed by atoms with van der Waals surface area (Å²) in [6, 6.07) is 21.6. The van der Waals surface area contributed by atoms with E-state index in [2.05, 4.69) is 59.9 Å². The van der Waals surface area contributed by atoms with Crippen molar-refractivity contribution in [2.24, 2.45) is 0 Å². The standard InChI is InChI=1S/C19H18N2/c20-15-9-10-17-14(12-15)8-11-19(17)21-18-7-3-5-13-4-1-2-6-16(13)18/h1-7,9-10,12,19,21H,8,11,20H2. The van der Waals surface area contributed by atoms with Crippen LogP contribution >= 0.6 is 0 Å². The summed E-state index contributed by atoms with van der Waals surface area (Å²) < 4.78 is 0. The number of hydrogen-bond acceptors (Lipinski definition) is 2. The van der Waals surface area contributed by atoms with Gasteiger partial charge < -0.3 is 11.1 Å². The third kappa shape index (κ3) is 2.13. The van der Waals surface area contributed by atoms with Crippen LogP contribution in [0.5, 0.6) is 0 Å². The summed E-state index contributed by atoms with van der Waals surface area (Å²) in [5.41, 5.74) is 10.7. The van der Waals surface area contributed by atoms with Gasteiger partial charge in [-0.15, -0.1) is 0 Å². The van der Waals surface area contributed by atoms with Crippen LogP contribution in [0.2, 0.25) is 0 Å². The Kier molecular flexibility index (Phi) is 2.81. The highest BCUT2D eigenvalue weighted by Crippen LogP contribution is 2.36. The van der Waals surface area contributed by atoms with Crippen molar-refractivity contribution < 1.29 is 0 Å². The molecule has 0 heterocycles. The van der Waals surface area contributed by atoms with Gasteiger partial charge in [-0.05, 0) is 47.6 Å². The molecule has 2 heteroatoms. The first-order chi connectivity index (χ1) is 10.3. The fourth-order valence-electron chi connectivity index (χ4n) is 3.33. The molecule has 0 bridgehead atoms. The average Bonchev–Trinajstić information content (AvgIpc) is 2.90. The van der Waals surface area contributed by atoms with E-state index in [0.717, 1.165) is 18.5 Å². The summed E-state index contributed by atoms with van der Waals surface area (Å²) in [7, 11) is 0. The Morgan fingerprint density at radius 1 is 0.952 bits per heavy atom. The molecule has 1 unspecified atom stereocenters. The van der Waals surface area contributed by atoms with Crippen LogP contribution in [-0.4, -0.2) is 0 Å². The molecule has 1 aliphatic rings. The first kappa shape index (κ1) is 12.3. The number of fused-ring (bicyclic) bond motifs is 2. The van der Waals surface area contributed by atoms with E-state index in [0.29, 0.717) is 6.04 Å². The van der Waals surface area contributed by atoms with E-state index < -0.39 is 0 Å². The van der Waals surface area contributed by atoms with Crippen molar-refractivity contribution in [3.8, 4) is 0 Å². The number of rotatable bonds is 2. The highest BCUT2D eigenvalue weighted by Gasteiger charge is 2.22. The molecule has 3 aromatic rings. The van der Waals surface area contributed by atoms with Gasteiger partial charge in [-0.3, -0.25) is 0 Å². The van der Waals surface area contributed by atoms with Crippen molar-refractivity contribution in [3.63, 3.8) is 0 Å². The summed E-state index contributed by atoms with van der Waals surface area (Å²) >= 11 is 0. The van der Waals surface area contributed by atoms with Gasteiger partial charge in [0.05, 0.1) is 6.04 Å². The van der Waals surface area contributed by atoms with Crippen molar-refractivity contribution in [1.82, 2.24) is 0 Å². The van der Waals surface area contributed by atoms with E-state index in [1.807, 2.05) is 6.07 Å². The summed E-state index contributed by atoms with van der Waals surface area (Å²) in [5, 5.41) is 6.28. The van der Waals surface area contributed by atoms with Gasteiger partial charge in [-0.25, -0.2) is 0 Å². The van der Waals surface area contributed by atoms with Gasteiger partial charge >= 0.3 is 0 Å². The van der Waals surface area contributed by atoms with Crippen LogP contribution in [-0.2, 0) is 6.42 Å². The van der Waals surface area contributed by atoms with Gasteiger partial charge in [0.1, 0.15) is 0 Å². The lowest BCUT2D eigenvalue weighted by molar-refractivity contribution is 0.763. The molecule has 0 saturated heterocycles. The molecule has 3 aromatic carbocycles. The van der Waals surface area contributed by atoms with Gasteiger partial charge in [-0.1, -0.05) is 42.5 Å². The number of nitrogens with two attached hydrogens (primary N) is 1. The first-order valence-electron chi connectivity index (χ1n) is 7.44. The zero-order valence-electron chi connectivity index (χ0n) is 11.8. The molecule has 0 amide bonds. The highest BCUT2D eigenvalue weighted by atomic mass is 14.9. The number of nitrogen functional groups attached to an aromatic ring is 1. The molecule has 104 valence electrons. The van der Waals surface area contributed by atoms with Crippen LogP contribution in [0.4, 0.5) is 11.4 Å². The Hall–Kier alpha value is -2.48. The Bertz CT molecular complexity index is 802. The minimum absolute atomic E-state index is 0.381. The van der Waals surface area contributed by atoms with Crippen LogP contribution in [0.15, 0.2) is 60.7 Å². The molecule has 0 spiro atoms. The van der Waals surface area contributed by atoms with E-state index in [9.17, 15) is 0 Å². The zero-order chi connectivity index (χ0) is 14.2. The van der Waals surface area contributed by atoms with E-state index in [-0.39, 0.29) is 0 Å². The molecule has 1 atom stereocenters. The van der Waals surface area contributed by atoms with Crippen LogP contribution in [0.1, 0.15) is 23.6 Å². The van der Waals surface area contributed by atoms with E-state index >= 15 is 0 Å². The van der Waals surface area contributed by atoms with Gasteiger partial charge in [0, 0.05) is 16.8 Å². The minimum atomic E-state index is 0.381. The number of hydrogen-bond donors (Lipinski definition) is 2. The second-order valence-electron chi connectivity index (χ2n) is 5.72. The maximum atomic E-state index is 5.88. The van der Waals surface area contributed by atoms with Crippen LogP contribution in [0.3, 0.4) is 0 Å². The highest BCUT2D eigenvalue weighted by molar-refractivity contribution is 5.94. The molecule has 0 aromatic heterocycles.